The van der Waals surface area contributed by atoms with Crippen LogP contribution in [0.4, 0.5) is 14.6 Å². The van der Waals surface area contributed by atoms with E-state index in [4.69, 9.17) is 11.6 Å². The molecule has 0 amide bonds. The second kappa shape index (κ2) is 5.82. The number of nitrogens with one attached hydrogen (secondary N) is 1. The number of nitrogens with zero attached hydrogens (tertiary/aromatic N) is 1. The van der Waals surface area contributed by atoms with Gasteiger partial charge in [0.05, 0.1) is 10.8 Å². The molecule has 1 heterocycles. The number of benzene rings is 1. The summed E-state index contributed by atoms with van der Waals surface area (Å²) in [6, 6.07) is 3.87. The fourth-order valence-corrected chi connectivity index (χ4v) is 2.83. The Balaban J connectivity index is 2.20. The van der Waals surface area contributed by atoms with Crippen molar-refractivity contribution in [2.45, 2.75) is 5.75 Å². The number of sulfonamides is 1. The Bertz CT molecular complexity index is 784. The van der Waals surface area contributed by atoms with E-state index in [-0.39, 0.29) is 16.4 Å². The molecule has 0 saturated carbocycles. The molecule has 0 aliphatic rings. The lowest BCUT2D eigenvalue weighted by Gasteiger charge is -2.09. The zero-order valence-corrected chi connectivity index (χ0v) is 11.9. The highest BCUT2D eigenvalue weighted by molar-refractivity contribution is 7.91. The number of hydrogen-bond acceptors (Lipinski definition) is 4. The van der Waals surface area contributed by atoms with E-state index < -0.39 is 33.2 Å². The van der Waals surface area contributed by atoms with Crippen LogP contribution in [0.5, 0.6) is 5.75 Å². The highest BCUT2D eigenvalue weighted by atomic mass is 35.5. The molecule has 2 N–H and O–H groups in total. The molecule has 0 spiro atoms. The van der Waals surface area contributed by atoms with Crippen LogP contribution >= 0.6 is 11.6 Å². The van der Waals surface area contributed by atoms with Gasteiger partial charge in [-0.05, 0) is 17.7 Å². The number of rotatable bonds is 4. The van der Waals surface area contributed by atoms with Gasteiger partial charge in [0.1, 0.15) is 0 Å². The fourth-order valence-electron chi connectivity index (χ4n) is 1.54. The summed E-state index contributed by atoms with van der Waals surface area (Å²) < 4.78 is 51.6. The van der Waals surface area contributed by atoms with Crippen LogP contribution in [-0.2, 0) is 15.8 Å². The fraction of sp³-hybridized carbons (Fsp3) is 0.0833. The lowest BCUT2D eigenvalue weighted by atomic mass is 10.2. The highest BCUT2D eigenvalue weighted by Crippen LogP contribution is 2.25. The highest BCUT2D eigenvalue weighted by Gasteiger charge is 2.16. The Labute approximate surface area is 124 Å². The predicted octanol–water partition coefficient (Wildman–Crippen LogP) is 2.66. The molecule has 5 nitrogen and oxygen atoms in total. The molecule has 9 heteroatoms. The van der Waals surface area contributed by atoms with Gasteiger partial charge >= 0.3 is 0 Å². The molecule has 0 unspecified atom stereocenters. The molecule has 2 aromatic rings. The number of pyridine rings is 1. The van der Waals surface area contributed by atoms with Crippen LogP contribution in [0.15, 0.2) is 30.5 Å². The van der Waals surface area contributed by atoms with Crippen molar-refractivity contribution in [3.05, 3.63) is 52.7 Å². The molecule has 21 heavy (non-hydrogen) atoms. The van der Waals surface area contributed by atoms with Crippen molar-refractivity contribution in [3.8, 4) is 5.75 Å². The third-order valence-corrected chi connectivity index (χ3v) is 3.85. The first-order valence-corrected chi connectivity index (χ1v) is 7.59. The van der Waals surface area contributed by atoms with Gasteiger partial charge in [-0.15, -0.1) is 0 Å². The van der Waals surface area contributed by atoms with Crippen LogP contribution in [0.2, 0.25) is 5.02 Å². The molecule has 0 radical (unpaired) electrons. The van der Waals surface area contributed by atoms with Gasteiger partial charge in [-0.2, -0.15) is 0 Å². The number of anilines is 1. The van der Waals surface area contributed by atoms with Crippen LogP contribution in [0.1, 0.15) is 5.56 Å². The van der Waals surface area contributed by atoms with Gasteiger partial charge in [-0.25, -0.2) is 22.2 Å². The number of hydrogen-bond donors (Lipinski definition) is 2. The van der Waals surface area contributed by atoms with Crippen molar-refractivity contribution in [1.82, 2.24) is 4.98 Å². The Hall–Kier alpha value is -1.93. The summed E-state index contributed by atoms with van der Waals surface area (Å²) in [6.45, 7) is 0. The minimum atomic E-state index is -3.96. The van der Waals surface area contributed by atoms with Crippen LogP contribution in [0, 0.1) is 11.6 Å². The van der Waals surface area contributed by atoms with Crippen LogP contribution in [0.25, 0.3) is 0 Å². The lowest BCUT2D eigenvalue weighted by molar-refractivity contribution is 0.475. The second-order valence-corrected chi connectivity index (χ2v) is 6.29. The molecule has 0 aliphatic heterocycles. The molecular formula is C12H9ClF2N2O3S. The van der Waals surface area contributed by atoms with E-state index in [1.807, 2.05) is 4.72 Å². The quantitative estimate of drug-likeness (QED) is 0.901. The van der Waals surface area contributed by atoms with Crippen molar-refractivity contribution in [3.63, 3.8) is 0 Å². The third-order valence-electron chi connectivity index (χ3n) is 2.43. The van der Waals surface area contributed by atoms with Gasteiger partial charge in [0, 0.05) is 12.3 Å². The van der Waals surface area contributed by atoms with Gasteiger partial charge in [0.25, 0.3) is 0 Å². The number of aromatic nitrogens is 1. The average molecular weight is 335 g/mol. The summed E-state index contributed by atoms with van der Waals surface area (Å²) in [6.07, 6.45) is 1.15. The van der Waals surface area contributed by atoms with Gasteiger partial charge in [-0.1, -0.05) is 17.7 Å². The first kappa shape index (κ1) is 15.5. The maximum absolute atomic E-state index is 13.0. The minimum Gasteiger partial charge on any atom is -0.504 e. The van der Waals surface area contributed by atoms with E-state index in [1.165, 1.54) is 0 Å². The average Bonchev–Trinajstić information content (AvgIpc) is 2.37. The largest absolute Gasteiger partial charge is 0.504 e. The van der Waals surface area contributed by atoms with Crippen molar-refractivity contribution < 1.29 is 22.3 Å². The maximum Gasteiger partial charge on any atom is 0.238 e. The van der Waals surface area contributed by atoms with Crippen molar-refractivity contribution >= 4 is 27.4 Å². The Morgan fingerprint density at radius 1 is 1.24 bits per heavy atom. The second-order valence-electron chi connectivity index (χ2n) is 4.13. The number of aromatic hydroxyl groups is 1. The summed E-state index contributed by atoms with van der Waals surface area (Å²) in [5, 5.41) is 9.65. The summed E-state index contributed by atoms with van der Waals surface area (Å²) in [5.74, 6) is -3.57. The molecule has 0 bridgehead atoms. The monoisotopic (exact) mass is 334 g/mol. The smallest absolute Gasteiger partial charge is 0.238 e. The first-order valence-electron chi connectivity index (χ1n) is 5.56. The van der Waals surface area contributed by atoms with Crippen LogP contribution < -0.4 is 4.72 Å². The van der Waals surface area contributed by atoms with Gasteiger partial charge in [0.2, 0.25) is 10.0 Å². The van der Waals surface area contributed by atoms with Crippen molar-refractivity contribution in [2.24, 2.45) is 0 Å². The standard InChI is InChI=1S/C12H9ClF2N2O3S/c13-8-4-11(18)12(16-5-8)17-21(19,20)6-7-1-2-9(14)10(15)3-7/h1-5,18H,6H2,(H,16,17). The minimum absolute atomic E-state index is 0.0508. The van der Waals surface area contributed by atoms with Crippen LogP contribution in [-0.4, -0.2) is 18.5 Å². The molecule has 0 saturated heterocycles. The Morgan fingerprint density at radius 2 is 1.95 bits per heavy atom. The summed E-state index contributed by atoms with van der Waals surface area (Å²) in [5.41, 5.74) is 0.0508. The van der Waals surface area contributed by atoms with E-state index in [0.29, 0.717) is 0 Å². The maximum atomic E-state index is 13.0. The Kier molecular flexibility index (Phi) is 4.29. The normalized spacial score (nSPS) is 11.4. The molecule has 0 aliphatic carbocycles. The first-order chi connectivity index (χ1) is 9.77. The molecule has 1 aromatic carbocycles. The van der Waals surface area contributed by atoms with E-state index in [9.17, 15) is 22.3 Å². The van der Waals surface area contributed by atoms with Gasteiger partial charge in [0.15, 0.2) is 23.2 Å². The van der Waals surface area contributed by atoms with Crippen molar-refractivity contribution in [1.29, 1.82) is 0 Å². The predicted molar refractivity (Wildman–Crippen MR) is 73.5 cm³/mol. The Morgan fingerprint density at radius 3 is 2.57 bits per heavy atom. The van der Waals surface area contributed by atoms with E-state index in [2.05, 4.69) is 4.98 Å². The van der Waals surface area contributed by atoms with E-state index >= 15 is 0 Å². The summed E-state index contributed by atoms with van der Waals surface area (Å²) >= 11 is 5.57. The molecule has 0 fully saturated rings. The van der Waals surface area contributed by atoms with E-state index in [1.54, 1.807) is 0 Å². The molecule has 2 rings (SSSR count). The molecule has 112 valence electrons. The zero-order chi connectivity index (χ0) is 15.6. The van der Waals surface area contributed by atoms with Gasteiger partial charge in [-0.3, -0.25) is 4.72 Å². The molecule has 0 atom stereocenters. The number of halogens is 3. The van der Waals surface area contributed by atoms with Crippen LogP contribution in [0.3, 0.4) is 0 Å². The lowest BCUT2D eigenvalue weighted by Crippen LogP contribution is -2.16. The molecular weight excluding hydrogens is 326 g/mol. The topological polar surface area (TPSA) is 79.3 Å². The van der Waals surface area contributed by atoms with Crippen molar-refractivity contribution in [2.75, 3.05) is 4.72 Å². The third kappa shape index (κ3) is 4.02. The zero-order valence-electron chi connectivity index (χ0n) is 10.3. The van der Waals surface area contributed by atoms with Gasteiger partial charge < -0.3 is 5.11 Å². The molecule has 1 aromatic heterocycles. The summed E-state index contributed by atoms with van der Waals surface area (Å²) in [4.78, 5) is 3.63. The van der Waals surface area contributed by atoms with E-state index in [0.717, 1.165) is 30.5 Å². The SMILES string of the molecule is O=S(=O)(Cc1ccc(F)c(F)c1)Nc1ncc(Cl)cc1O. The summed E-state index contributed by atoms with van der Waals surface area (Å²) in [7, 11) is -3.96.